The highest BCUT2D eigenvalue weighted by Crippen LogP contribution is 2.38. The zero-order valence-corrected chi connectivity index (χ0v) is 19.8. The van der Waals surface area contributed by atoms with Crippen LogP contribution in [0.15, 0.2) is 29.2 Å². The molecule has 1 N–H and O–H groups in total. The van der Waals surface area contributed by atoms with Gasteiger partial charge >= 0.3 is 0 Å². The third-order valence-corrected chi connectivity index (χ3v) is 6.40. The first-order valence-corrected chi connectivity index (χ1v) is 11.4. The molecule has 1 fully saturated rings. The number of nitrogens with zero attached hydrogens (tertiary/aromatic N) is 4. The average molecular weight is 453 g/mol. The molecule has 8 nitrogen and oxygen atoms in total. The summed E-state index contributed by atoms with van der Waals surface area (Å²) in [5, 5.41) is 15.4. The van der Waals surface area contributed by atoms with Crippen LogP contribution in [0, 0.1) is 0 Å². The number of imidazole rings is 1. The predicted octanol–water partition coefficient (Wildman–Crippen LogP) is 5.16. The quantitative estimate of drug-likeness (QED) is 0.288. The standard InChI is InChI=1S/C25H32N4O4/c1-6-18(16(3)33-26-4)19-11-21-20(12-23(19)30)24-22(13-27-21)28-25(17-7-9-32-10-8-17)29(24)15(2)14-31-5/h11-13,15,17,30H,4,6-10,14H2,1-3,5H3/b18-16+. The number of rotatable bonds is 8. The normalized spacial score (nSPS) is 16.7. The molecular weight excluding hydrogens is 420 g/mol. The topological polar surface area (TPSA) is 91.0 Å². The summed E-state index contributed by atoms with van der Waals surface area (Å²) in [6.07, 6.45) is 4.36. The van der Waals surface area contributed by atoms with Crippen molar-refractivity contribution in [3.63, 3.8) is 0 Å². The number of fused-ring (bicyclic) bond motifs is 3. The lowest BCUT2D eigenvalue weighted by Crippen LogP contribution is -2.21. The Bertz CT molecular complexity index is 1190. The van der Waals surface area contributed by atoms with Crippen molar-refractivity contribution >= 4 is 34.2 Å². The number of phenols is 1. The van der Waals surface area contributed by atoms with Crippen LogP contribution >= 0.6 is 0 Å². The zero-order chi connectivity index (χ0) is 23.5. The Morgan fingerprint density at radius 3 is 2.76 bits per heavy atom. The summed E-state index contributed by atoms with van der Waals surface area (Å²) >= 11 is 0. The molecule has 0 spiro atoms. The van der Waals surface area contributed by atoms with Crippen molar-refractivity contribution in [3.8, 4) is 5.75 Å². The molecule has 33 heavy (non-hydrogen) atoms. The molecule has 1 aliphatic rings. The largest absolute Gasteiger partial charge is 0.507 e. The van der Waals surface area contributed by atoms with Crippen LogP contribution in [-0.4, -0.2) is 53.3 Å². The molecule has 3 heterocycles. The van der Waals surface area contributed by atoms with Crippen LogP contribution < -0.4 is 0 Å². The van der Waals surface area contributed by atoms with E-state index in [1.807, 2.05) is 26.1 Å². The Kier molecular flexibility index (Phi) is 6.95. The summed E-state index contributed by atoms with van der Waals surface area (Å²) in [7, 11) is 1.71. The van der Waals surface area contributed by atoms with E-state index in [0.717, 1.165) is 59.4 Å². The molecule has 0 saturated carbocycles. The summed E-state index contributed by atoms with van der Waals surface area (Å²) in [6.45, 7) is 11.4. The maximum Gasteiger partial charge on any atom is 0.135 e. The molecule has 1 unspecified atom stereocenters. The Hall–Kier alpha value is -2.97. The lowest BCUT2D eigenvalue weighted by atomic mass is 9.98. The van der Waals surface area contributed by atoms with E-state index in [-0.39, 0.29) is 11.8 Å². The first-order chi connectivity index (χ1) is 16.0. The van der Waals surface area contributed by atoms with E-state index in [4.69, 9.17) is 24.3 Å². The van der Waals surface area contributed by atoms with Gasteiger partial charge in [-0.2, -0.15) is 0 Å². The van der Waals surface area contributed by atoms with Crippen molar-refractivity contribution in [2.75, 3.05) is 26.9 Å². The molecule has 1 aliphatic heterocycles. The molecule has 0 bridgehead atoms. The summed E-state index contributed by atoms with van der Waals surface area (Å²) in [5.74, 6) is 2.12. The van der Waals surface area contributed by atoms with Gasteiger partial charge in [-0.25, -0.2) is 4.98 Å². The minimum atomic E-state index is 0.0747. The van der Waals surface area contributed by atoms with Gasteiger partial charge < -0.3 is 24.0 Å². The van der Waals surface area contributed by atoms with Gasteiger partial charge in [0.1, 0.15) is 22.8 Å². The number of methoxy groups -OCH3 is 1. The van der Waals surface area contributed by atoms with E-state index in [1.54, 1.807) is 13.2 Å². The van der Waals surface area contributed by atoms with Gasteiger partial charge in [0.15, 0.2) is 0 Å². The zero-order valence-electron chi connectivity index (χ0n) is 19.8. The number of ether oxygens (including phenoxy) is 2. The monoisotopic (exact) mass is 452 g/mol. The second kappa shape index (κ2) is 9.89. The van der Waals surface area contributed by atoms with E-state index in [2.05, 4.69) is 23.4 Å². The Labute approximate surface area is 193 Å². The fourth-order valence-corrected chi connectivity index (χ4v) is 4.86. The molecule has 0 radical (unpaired) electrons. The van der Waals surface area contributed by atoms with Gasteiger partial charge in [-0.3, -0.25) is 4.98 Å². The SMILES string of the molecule is C=NO/C(C)=C(\CC)c1cc2ncc3nc(C4CCOCC4)n(C(C)COC)c3c2cc1O. The fourth-order valence-electron chi connectivity index (χ4n) is 4.86. The summed E-state index contributed by atoms with van der Waals surface area (Å²) in [4.78, 5) is 15.0. The van der Waals surface area contributed by atoms with Gasteiger partial charge in [0.25, 0.3) is 0 Å². The van der Waals surface area contributed by atoms with Crippen molar-refractivity contribution in [2.24, 2.45) is 5.16 Å². The molecule has 4 rings (SSSR count). The molecule has 176 valence electrons. The molecule has 0 amide bonds. The van der Waals surface area contributed by atoms with E-state index in [1.165, 1.54) is 0 Å². The molecule has 8 heteroatoms. The number of benzene rings is 1. The second-order valence-corrected chi connectivity index (χ2v) is 8.52. The molecule has 2 aromatic heterocycles. The van der Waals surface area contributed by atoms with Crippen LogP contribution in [0.25, 0.3) is 27.5 Å². The van der Waals surface area contributed by atoms with Gasteiger partial charge in [-0.1, -0.05) is 12.1 Å². The van der Waals surface area contributed by atoms with Gasteiger partial charge in [0.05, 0.1) is 29.9 Å². The number of oxime groups is 1. The number of aromatic nitrogens is 3. The van der Waals surface area contributed by atoms with Crippen LogP contribution in [0.3, 0.4) is 0 Å². The number of hydrogen-bond donors (Lipinski definition) is 1. The number of allylic oxidation sites excluding steroid dienone is 2. The number of hydrogen-bond acceptors (Lipinski definition) is 7. The van der Waals surface area contributed by atoms with Crippen LogP contribution in [0.2, 0.25) is 0 Å². The first-order valence-electron chi connectivity index (χ1n) is 11.4. The van der Waals surface area contributed by atoms with Crippen molar-refractivity contribution in [2.45, 2.75) is 52.0 Å². The lowest BCUT2D eigenvalue weighted by molar-refractivity contribution is 0.0817. The maximum atomic E-state index is 11.0. The lowest BCUT2D eigenvalue weighted by Gasteiger charge is -2.25. The predicted molar refractivity (Wildman–Crippen MR) is 130 cm³/mol. The highest BCUT2D eigenvalue weighted by atomic mass is 16.6. The average Bonchev–Trinajstić information content (AvgIpc) is 3.21. The molecule has 0 aliphatic carbocycles. The number of phenolic OH excluding ortho intramolecular Hbond substituents is 1. The summed E-state index contributed by atoms with van der Waals surface area (Å²) in [5.41, 5.74) is 4.10. The van der Waals surface area contributed by atoms with Crippen molar-refractivity contribution in [3.05, 3.63) is 35.5 Å². The molecule has 1 atom stereocenters. The van der Waals surface area contributed by atoms with E-state index >= 15 is 0 Å². The van der Waals surface area contributed by atoms with Crippen LogP contribution in [0.1, 0.15) is 63.4 Å². The minimum Gasteiger partial charge on any atom is -0.507 e. The van der Waals surface area contributed by atoms with Crippen molar-refractivity contribution in [1.29, 1.82) is 0 Å². The van der Waals surface area contributed by atoms with E-state index < -0.39 is 0 Å². The second-order valence-electron chi connectivity index (χ2n) is 8.52. The van der Waals surface area contributed by atoms with E-state index in [0.29, 0.717) is 30.3 Å². The molecule has 3 aromatic rings. The van der Waals surface area contributed by atoms with E-state index in [9.17, 15) is 5.11 Å². The third kappa shape index (κ3) is 4.32. The van der Waals surface area contributed by atoms with Crippen LogP contribution in [0.5, 0.6) is 5.75 Å². The number of pyridine rings is 1. The third-order valence-electron chi connectivity index (χ3n) is 6.40. The molecule has 1 aromatic carbocycles. The van der Waals surface area contributed by atoms with Crippen LogP contribution in [-0.2, 0) is 14.3 Å². The maximum absolute atomic E-state index is 11.0. The van der Waals surface area contributed by atoms with Crippen molar-refractivity contribution in [1.82, 2.24) is 14.5 Å². The van der Waals surface area contributed by atoms with Crippen LogP contribution in [0.4, 0.5) is 0 Å². The Morgan fingerprint density at radius 2 is 2.09 bits per heavy atom. The highest BCUT2D eigenvalue weighted by Gasteiger charge is 2.27. The molecule has 1 saturated heterocycles. The first kappa shape index (κ1) is 23.2. The Balaban J connectivity index is 1.96. The summed E-state index contributed by atoms with van der Waals surface area (Å²) in [6, 6.07) is 3.77. The minimum absolute atomic E-state index is 0.0747. The van der Waals surface area contributed by atoms with Gasteiger partial charge in [0.2, 0.25) is 0 Å². The molecular formula is C25H32N4O4. The smallest absolute Gasteiger partial charge is 0.135 e. The number of aromatic hydroxyl groups is 1. The summed E-state index contributed by atoms with van der Waals surface area (Å²) < 4.78 is 13.3. The van der Waals surface area contributed by atoms with Crippen molar-refractivity contribution < 1.29 is 19.4 Å². The Morgan fingerprint density at radius 1 is 1.33 bits per heavy atom. The van der Waals surface area contributed by atoms with Gasteiger partial charge in [-0.15, -0.1) is 0 Å². The fraction of sp³-hybridized carbons (Fsp3) is 0.480. The van der Waals surface area contributed by atoms with Gasteiger partial charge in [-0.05, 0) is 45.2 Å². The van der Waals surface area contributed by atoms with Gasteiger partial charge in [0, 0.05) is 49.5 Å². The highest BCUT2D eigenvalue weighted by molar-refractivity contribution is 6.04.